The van der Waals surface area contributed by atoms with Gasteiger partial charge in [-0.3, -0.25) is 4.79 Å². The van der Waals surface area contributed by atoms with Crippen molar-refractivity contribution in [2.45, 2.75) is 17.1 Å². The standard InChI is InChI=1S/C10H12F2N2O3S.ClH/c11-10(12)18(16,17)8-3-1-2-7(6-8)14-9(15)4-5-13;/h1-3,6,10H,4-5,13H2,(H,14,15);1H. The van der Waals surface area contributed by atoms with Crippen molar-refractivity contribution in [2.75, 3.05) is 11.9 Å². The van der Waals surface area contributed by atoms with Crippen LogP contribution >= 0.6 is 12.4 Å². The van der Waals surface area contributed by atoms with E-state index in [1.807, 2.05) is 0 Å². The average Bonchev–Trinajstić information content (AvgIpc) is 2.29. The molecule has 0 aliphatic rings. The summed E-state index contributed by atoms with van der Waals surface area (Å²) in [6, 6.07) is 4.70. The van der Waals surface area contributed by atoms with Gasteiger partial charge in [-0.05, 0) is 18.2 Å². The van der Waals surface area contributed by atoms with Crippen molar-refractivity contribution >= 4 is 33.8 Å². The van der Waals surface area contributed by atoms with Crippen LogP contribution in [0.5, 0.6) is 0 Å². The van der Waals surface area contributed by atoms with Crippen LogP contribution in [0.15, 0.2) is 29.2 Å². The van der Waals surface area contributed by atoms with Gasteiger partial charge in [0.05, 0.1) is 4.90 Å². The van der Waals surface area contributed by atoms with Gasteiger partial charge < -0.3 is 11.1 Å². The Kier molecular flexibility index (Phi) is 6.88. The number of sulfone groups is 1. The Morgan fingerprint density at radius 1 is 1.37 bits per heavy atom. The van der Waals surface area contributed by atoms with Gasteiger partial charge in [0.2, 0.25) is 15.7 Å². The van der Waals surface area contributed by atoms with Gasteiger partial charge in [0.1, 0.15) is 0 Å². The Hall–Kier alpha value is -1.25. The summed E-state index contributed by atoms with van der Waals surface area (Å²) in [5, 5.41) is 2.37. The van der Waals surface area contributed by atoms with Crippen molar-refractivity contribution in [3.8, 4) is 0 Å². The number of benzene rings is 1. The third kappa shape index (κ3) is 4.73. The Labute approximate surface area is 115 Å². The zero-order valence-electron chi connectivity index (χ0n) is 9.68. The Morgan fingerprint density at radius 2 is 2.00 bits per heavy atom. The molecule has 0 saturated heterocycles. The fourth-order valence-electron chi connectivity index (χ4n) is 1.21. The summed E-state index contributed by atoms with van der Waals surface area (Å²) in [7, 11) is -4.66. The van der Waals surface area contributed by atoms with E-state index < -0.39 is 26.4 Å². The van der Waals surface area contributed by atoms with Crippen LogP contribution in [0.25, 0.3) is 0 Å². The number of nitrogens with one attached hydrogen (secondary N) is 1. The molecule has 108 valence electrons. The largest absolute Gasteiger partial charge is 0.341 e. The van der Waals surface area contributed by atoms with Gasteiger partial charge >= 0.3 is 5.76 Å². The summed E-state index contributed by atoms with van der Waals surface area (Å²) in [6.07, 6.45) is 0.0613. The van der Waals surface area contributed by atoms with E-state index in [-0.39, 0.29) is 31.1 Å². The third-order valence-electron chi connectivity index (χ3n) is 2.05. The zero-order chi connectivity index (χ0) is 13.8. The predicted molar refractivity (Wildman–Crippen MR) is 69.2 cm³/mol. The number of nitrogens with two attached hydrogens (primary N) is 1. The first kappa shape index (κ1) is 17.8. The summed E-state index contributed by atoms with van der Waals surface area (Å²) in [5.41, 5.74) is 5.30. The van der Waals surface area contributed by atoms with E-state index in [1.54, 1.807) is 0 Å². The highest BCUT2D eigenvalue weighted by Gasteiger charge is 2.26. The van der Waals surface area contributed by atoms with Crippen LogP contribution in [0.1, 0.15) is 6.42 Å². The molecule has 0 aliphatic carbocycles. The molecule has 0 unspecified atom stereocenters. The van der Waals surface area contributed by atoms with E-state index in [0.717, 1.165) is 12.1 Å². The van der Waals surface area contributed by atoms with E-state index in [0.29, 0.717) is 0 Å². The van der Waals surface area contributed by atoms with Crippen LogP contribution in [-0.2, 0) is 14.6 Å². The maximum atomic E-state index is 12.3. The molecule has 0 spiro atoms. The molecule has 0 aromatic heterocycles. The van der Waals surface area contributed by atoms with Crippen LogP contribution in [-0.4, -0.2) is 26.6 Å². The lowest BCUT2D eigenvalue weighted by molar-refractivity contribution is -0.116. The SMILES string of the molecule is Cl.NCCC(=O)Nc1cccc(S(=O)(=O)C(F)F)c1. The molecule has 1 rings (SSSR count). The van der Waals surface area contributed by atoms with Crippen molar-refractivity contribution in [3.63, 3.8) is 0 Å². The molecule has 19 heavy (non-hydrogen) atoms. The van der Waals surface area contributed by atoms with E-state index in [2.05, 4.69) is 5.32 Å². The lowest BCUT2D eigenvalue weighted by Crippen LogP contribution is -2.17. The zero-order valence-corrected chi connectivity index (χ0v) is 11.3. The molecule has 9 heteroatoms. The third-order valence-corrected chi connectivity index (χ3v) is 3.43. The van der Waals surface area contributed by atoms with Crippen LogP contribution in [0.4, 0.5) is 14.5 Å². The molecular formula is C10H13ClF2N2O3S. The van der Waals surface area contributed by atoms with Gasteiger partial charge in [-0.2, -0.15) is 8.78 Å². The van der Waals surface area contributed by atoms with Gasteiger partial charge in [-0.25, -0.2) is 8.42 Å². The number of rotatable bonds is 5. The summed E-state index contributed by atoms with van der Waals surface area (Å²) < 4.78 is 47.1. The molecule has 0 bridgehead atoms. The number of alkyl halides is 2. The Morgan fingerprint density at radius 3 is 2.53 bits per heavy atom. The smallest absolute Gasteiger partial charge is 0.330 e. The van der Waals surface area contributed by atoms with Crippen molar-refractivity contribution in [3.05, 3.63) is 24.3 Å². The second-order valence-corrected chi connectivity index (χ2v) is 5.34. The molecule has 0 aliphatic heterocycles. The molecule has 1 amide bonds. The first-order valence-corrected chi connectivity index (χ1v) is 6.54. The van der Waals surface area contributed by atoms with E-state index in [4.69, 9.17) is 5.73 Å². The van der Waals surface area contributed by atoms with E-state index in [1.165, 1.54) is 12.1 Å². The lowest BCUT2D eigenvalue weighted by Gasteiger charge is -2.07. The first-order valence-electron chi connectivity index (χ1n) is 5.00. The molecule has 0 atom stereocenters. The molecule has 0 saturated carbocycles. The molecule has 0 fully saturated rings. The normalized spacial score (nSPS) is 10.9. The van der Waals surface area contributed by atoms with Crippen molar-refractivity contribution in [1.29, 1.82) is 0 Å². The summed E-state index contributed by atoms with van der Waals surface area (Å²) >= 11 is 0. The van der Waals surface area contributed by atoms with Crippen molar-refractivity contribution in [2.24, 2.45) is 5.73 Å². The monoisotopic (exact) mass is 314 g/mol. The number of hydrogen-bond acceptors (Lipinski definition) is 4. The maximum Gasteiger partial charge on any atom is 0.341 e. The van der Waals surface area contributed by atoms with E-state index in [9.17, 15) is 22.0 Å². The summed E-state index contributed by atoms with van der Waals surface area (Å²) in [6.45, 7) is 0.140. The molecule has 0 heterocycles. The summed E-state index contributed by atoms with van der Waals surface area (Å²) in [5.74, 6) is -3.91. The molecule has 0 radical (unpaired) electrons. The van der Waals surface area contributed by atoms with E-state index >= 15 is 0 Å². The minimum atomic E-state index is -4.66. The average molecular weight is 315 g/mol. The number of carbonyl (C=O) groups excluding carboxylic acids is 1. The number of halogens is 3. The molecule has 1 aromatic carbocycles. The lowest BCUT2D eigenvalue weighted by atomic mass is 10.3. The fraction of sp³-hybridized carbons (Fsp3) is 0.300. The minimum absolute atomic E-state index is 0. The number of hydrogen-bond donors (Lipinski definition) is 2. The first-order chi connectivity index (χ1) is 8.37. The Balaban J connectivity index is 0.00000324. The number of carbonyl (C=O) groups is 1. The minimum Gasteiger partial charge on any atom is -0.330 e. The number of amides is 1. The van der Waals surface area contributed by atoms with Crippen LogP contribution in [0, 0.1) is 0 Å². The van der Waals surface area contributed by atoms with Crippen LogP contribution in [0.3, 0.4) is 0 Å². The van der Waals surface area contributed by atoms with Gasteiger partial charge in [-0.1, -0.05) is 6.07 Å². The molecular weight excluding hydrogens is 302 g/mol. The van der Waals surface area contributed by atoms with Crippen molar-refractivity contribution in [1.82, 2.24) is 0 Å². The van der Waals surface area contributed by atoms with Gasteiger partial charge in [-0.15, -0.1) is 12.4 Å². The van der Waals surface area contributed by atoms with Crippen LogP contribution in [0.2, 0.25) is 0 Å². The molecule has 5 nitrogen and oxygen atoms in total. The second-order valence-electron chi connectivity index (χ2n) is 3.42. The van der Waals surface area contributed by atoms with Crippen molar-refractivity contribution < 1.29 is 22.0 Å². The highest BCUT2D eigenvalue weighted by atomic mass is 35.5. The van der Waals surface area contributed by atoms with Gasteiger partial charge in [0, 0.05) is 18.7 Å². The fourth-order valence-corrected chi connectivity index (χ4v) is 1.97. The van der Waals surface area contributed by atoms with Crippen LogP contribution < -0.4 is 11.1 Å². The highest BCUT2D eigenvalue weighted by Crippen LogP contribution is 2.21. The van der Waals surface area contributed by atoms with Gasteiger partial charge in [0.15, 0.2) is 0 Å². The number of anilines is 1. The highest BCUT2D eigenvalue weighted by molar-refractivity contribution is 7.91. The van der Waals surface area contributed by atoms with Gasteiger partial charge in [0.25, 0.3) is 0 Å². The summed E-state index contributed by atoms with van der Waals surface area (Å²) in [4.78, 5) is 10.7. The molecule has 3 N–H and O–H groups in total. The topological polar surface area (TPSA) is 89.3 Å². The maximum absolute atomic E-state index is 12.3. The Bertz CT molecular complexity index is 537. The predicted octanol–water partition coefficient (Wildman–Crippen LogP) is 1.39. The second kappa shape index (κ2) is 7.37. The molecule has 1 aromatic rings. The quantitative estimate of drug-likeness (QED) is 0.859.